The number of nitrogens with two attached hydrogens (primary N) is 1. The molecule has 1 aromatic carbocycles. The summed E-state index contributed by atoms with van der Waals surface area (Å²) in [5.74, 6) is 0.504. The van der Waals surface area contributed by atoms with E-state index in [1.165, 1.54) is 5.56 Å². The molecule has 112 valence electrons. The standard InChI is InChI=1S/C15H25N3O2/c1-11(10-19)4-3-7-17-9-14-6-5-13(8-12(14)2)15(16)18-20/h5-6,8,11,17,19-20H,3-4,7,9-10H2,1-2H3,(H2,16,18). The molecule has 0 saturated carbocycles. The highest BCUT2D eigenvalue weighted by Gasteiger charge is 2.04. The third-order valence-corrected chi connectivity index (χ3v) is 3.42. The lowest BCUT2D eigenvalue weighted by molar-refractivity contribution is 0.228. The van der Waals surface area contributed by atoms with E-state index >= 15 is 0 Å². The lowest BCUT2D eigenvalue weighted by Crippen LogP contribution is -2.17. The molecule has 0 spiro atoms. The maximum absolute atomic E-state index is 8.94. The molecule has 0 heterocycles. The molecule has 1 aromatic rings. The Bertz CT molecular complexity index is 447. The van der Waals surface area contributed by atoms with Crippen molar-refractivity contribution in [3.8, 4) is 0 Å². The van der Waals surface area contributed by atoms with Crippen LogP contribution in [0.3, 0.4) is 0 Å². The third-order valence-electron chi connectivity index (χ3n) is 3.42. The molecule has 0 aliphatic carbocycles. The highest BCUT2D eigenvalue weighted by atomic mass is 16.4. The molecular weight excluding hydrogens is 254 g/mol. The first-order valence-electron chi connectivity index (χ1n) is 6.97. The number of hydrogen-bond acceptors (Lipinski definition) is 4. The van der Waals surface area contributed by atoms with E-state index in [4.69, 9.17) is 16.0 Å². The van der Waals surface area contributed by atoms with E-state index in [1.54, 1.807) is 0 Å². The lowest BCUT2D eigenvalue weighted by Gasteiger charge is -2.11. The Morgan fingerprint density at radius 1 is 1.45 bits per heavy atom. The van der Waals surface area contributed by atoms with Crippen LogP contribution in [0.2, 0.25) is 0 Å². The van der Waals surface area contributed by atoms with Gasteiger partial charge in [0.15, 0.2) is 5.84 Å². The fourth-order valence-corrected chi connectivity index (χ4v) is 2.00. The second-order valence-electron chi connectivity index (χ2n) is 5.23. The number of aryl methyl sites for hydroxylation is 1. The Labute approximate surface area is 120 Å². The number of oxime groups is 1. The van der Waals surface area contributed by atoms with Crippen LogP contribution < -0.4 is 11.1 Å². The zero-order valence-electron chi connectivity index (χ0n) is 12.3. The zero-order valence-corrected chi connectivity index (χ0v) is 12.3. The van der Waals surface area contributed by atoms with Gasteiger partial charge in [0.05, 0.1) is 0 Å². The molecule has 0 bridgehead atoms. The molecule has 0 radical (unpaired) electrons. The van der Waals surface area contributed by atoms with Gasteiger partial charge in [0.1, 0.15) is 0 Å². The number of nitrogens with zero attached hydrogens (tertiary/aromatic N) is 1. The van der Waals surface area contributed by atoms with Crippen LogP contribution in [0.1, 0.15) is 36.5 Å². The average molecular weight is 279 g/mol. The van der Waals surface area contributed by atoms with Gasteiger partial charge in [0.2, 0.25) is 0 Å². The number of aliphatic hydroxyl groups is 1. The fraction of sp³-hybridized carbons (Fsp3) is 0.533. The second-order valence-corrected chi connectivity index (χ2v) is 5.23. The van der Waals surface area contributed by atoms with Crippen LogP contribution >= 0.6 is 0 Å². The number of rotatable bonds is 8. The Hall–Kier alpha value is -1.59. The SMILES string of the molecule is Cc1cc(/C(N)=N/O)ccc1CNCCCC(C)CO. The lowest BCUT2D eigenvalue weighted by atomic mass is 10.0. The summed E-state index contributed by atoms with van der Waals surface area (Å²) in [5.41, 5.74) is 8.61. The van der Waals surface area contributed by atoms with E-state index in [2.05, 4.69) is 17.4 Å². The monoisotopic (exact) mass is 279 g/mol. The summed E-state index contributed by atoms with van der Waals surface area (Å²) in [7, 11) is 0. The number of nitrogens with one attached hydrogen (secondary N) is 1. The summed E-state index contributed by atoms with van der Waals surface area (Å²) in [6.45, 7) is 6.06. The first-order valence-corrected chi connectivity index (χ1v) is 6.97. The first-order chi connectivity index (χ1) is 9.58. The van der Waals surface area contributed by atoms with Crippen LogP contribution in [0, 0.1) is 12.8 Å². The quantitative estimate of drug-likeness (QED) is 0.191. The van der Waals surface area contributed by atoms with E-state index in [0.29, 0.717) is 5.92 Å². The average Bonchev–Trinajstić information content (AvgIpc) is 2.47. The second kappa shape index (κ2) is 8.55. The maximum Gasteiger partial charge on any atom is 0.170 e. The highest BCUT2D eigenvalue weighted by Crippen LogP contribution is 2.11. The number of benzene rings is 1. The van der Waals surface area contributed by atoms with Crippen LogP contribution in [-0.2, 0) is 6.54 Å². The van der Waals surface area contributed by atoms with Crippen LogP contribution in [0.5, 0.6) is 0 Å². The van der Waals surface area contributed by atoms with Crippen molar-refractivity contribution < 1.29 is 10.3 Å². The molecule has 5 N–H and O–H groups in total. The fourth-order valence-electron chi connectivity index (χ4n) is 2.00. The Balaban J connectivity index is 2.41. The van der Waals surface area contributed by atoms with Crippen molar-refractivity contribution in [3.05, 3.63) is 34.9 Å². The minimum atomic E-state index is 0.130. The molecule has 5 heteroatoms. The minimum absolute atomic E-state index is 0.130. The topological polar surface area (TPSA) is 90.9 Å². The van der Waals surface area contributed by atoms with Gasteiger partial charge in [0.25, 0.3) is 0 Å². The van der Waals surface area contributed by atoms with E-state index in [0.717, 1.165) is 37.1 Å². The van der Waals surface area contributed by atoms with Crippen molar-refractivity contribution in [2.75, 3.05) is 13.2 Å². The van der Waals surface area contributed by atoms with Crippen LogP contribution in [0.4, 0.5) is 0 Å². The van der Waals surface area contributed by atoms with Gasteiger partial charge in [-0.1, -0.05) is 24.2 Å². The van der Waals surface area contributed by atoms with Crippen molar-refractivity contribution in [3.63, 3.8) is 0 Å². The molecule has 0 aliphatic rings. The van der Waals surface area contributed by atoms with E-state index in [1.807, 2.05) is 25.1 Å². The van der Waals surface area contributed by atoms with E-state index in [9.17, 15) is 0 Å². The smallest absolute Gasteiger partial charge is 0.170 e. The van der Waals surface area contributed by atoms with Crippen LogP contribution in [0.25, 0.3) is 0 Å². The van der Waals surface area contributed by atoms with Crippen molar-refractivity contribution >= 4 is 5.84 Å². The predicted molar refractivity (Wildman–Crippen MR) is 80.9 cm³/mol. The van der Waals surface area contributed by atoms with Crippen LogP contribution in [0.15, 0.2) is 23.4 Å². The molecule has 0 aliphatic heterocycles. The molecule has 1 rings (SSSR count). The van der Waals surface area contributed by atoms with Crippen molar-refractivity contribution in [2.24, 2.45) is 16.8 Å². The molecule has 0 aromatic heterocycles. The van der Waals surface area contributed by atoms with E-state index in [-0.39, 0.29) is 12.4 Å². The molecule has 0 fully saturated rings. The maximum atomic E-state index is 8.94. The largest absolute Gasteiger partial charge is 0.409 e. The Kier molecular flexibility index (Phi) is 7.04. The highest BCUT2D eigenvalue weighted by molar-refractivity contribution is 5.97. The normalized spacial score (nSPS) is 13.4. The van der Waals surface area contributed by atoms with Gasteiger partial charge in [-0.05, 0) is 49.4 Å². The molecular formula is C15H25N3O2. The van der Waals surface area contributed by atoms with Gasteiger partial charge in [-0.3, -0.25) is 0 Å². The number of amidine groups is 1. The predicted octanol–water partition coefficient (Wildman–Crippen LogP) is 1.59. The Morgan fingerprint density at radius 3 is 2.80 bits per heavy atom. The van der Waals surface area contributed by atoms with Crippen molar-refractivity contribution in [1.82, 2.24) is 5.32 Å². The Morgan fingerprint density at radius 2 is 2.20 bits per heavy atom. The summed E-state index contributed by atoms with van der Waals surface area (Å²) >= 11 is 0. The van der Waals surface area contributed by atoms with Gasteiger partial charge < -0.3 is 21.4 Å². The molecule has 0 amide bonds. The van der Waals surface area contributed by atoms with Crippen molar-refractivity contribution in [1.29, 1.82) is 0 Å². The van der Waals surface area contributed by atoms with Gasteiger partial charge >= 0.3 is 0 Å². The number of hydrogen-bond donors (Lipinski definition) is 4. The van der Waals surface area contributed by atoms with Gasteiger partial charge in [-0.15, -0.1) is 0 Å². The van der Waals surface area contributed by atoms with E-state index < -0.39 is 0 Å². The van der Waals surface area contributed by atoms with Gasteiger partial charge in [0, 0.05) is 18.7 Å². The summed E-state index contributed by atoms with van der Waals surface area (Å²) in [6, 6.07) is 5.76. The summed E-state index contributed by atoms with van der Waals surface area (Å²) < 4.78 is 0. The first kappa shape index (κ1) is 16.5. The minimum Gasteiger partial charge on any atom is -0.409 e. The van der Waals surface area contributed by atoms with Crippen LogP contribution in [-0.4, -0.2) is 29.3 Å². The zero-order chi connectivity index (χ0) is 15.0. The summed E-state index contributed by atoms with van der Waals surface area (Å²) in [4.78, 5) is 0. The number of aliphatic hydroxyl groups excluding tert-OH is 1. The molecule has 0 saturated heterocycles. The molecule has 1 unspecified atom stereocenters. The summed E-state index contributed by atoms with van der Waals surface area (Å²) in [6.07, 6.45) is 2.09. The molecule has 20 heavy (non-hydrogen) atoms. The third kappa shape index (κ3) is 5.19. The van der Waals surface area contributed by atoms with Crippen molar-refractivity contribution in [2.45, 2.75) is 33.2 Å². The molecule has 1 atom stereocenters. The molecule has 5 nitrogen and oxygen atoms in total. The van der Waals surface area contributed by atoms with Gasteiger partial charge in [-0.25, -0.2) is 0 Å². The van der Waals surface area contributed by atoms with Gasteiger partial charge in [-0.2, -0.15) is 0 Å². The summed E-state index contributed by atoms with van der Waals surface area (Å²) in [5, 5.41) is 24.0.